The number of aliphatic hydroxyl groups is 2. The minimum absolute atomic E-state index is 0.0647. The molecule has 0 spiro atoms. The molecule has 0 unspecified atom stereocenters. The third-order valence-corrected chi connectivity index (χ3v) is 9.41. The van der Waals surface area contributed by atoms with Crippen molar-refractivity contribution in [3.05, 3.63) is 24.3 Å². The zero-order valence-corrected chi connectivity index (χ0v) is 31.1. The van der Waals surface area contributed by atoms with Gasteiger partial charge in [0, 0.05) is 6.42 Å². The van der Waals surface area contributed by atoms with Gasteiger partial charge in [0.1, 0.15) is 0 Å². The van der Waals surface area contributed by atoms with Gasteiger partial charge in [-0.3, -0.25) is 4.79 Å². The fraction of sp³-hybridized carbons (Fsp3) is 0.881. The molecule has 0 aromatic carbocycles. The van der Waals surface area contributed by atoms with Crippen LogP contribution in [0, 0.1) is 0 Å². The number of carbonyl (C=O) groups is 1. The van der Waals surface area contributed by atoms with Crippen LogP contribution in [0.4, 0.5) is 0 Å². The Hall–Kier alpha value is -1.13. The summed E-state index contributed by atoms with van der Waals surface area (Å²) in [5.41, 5.74) is 0. The molecule has 4 nitrogen and oxygen atoms in total. The number of hydrogen-bond donors (Lipinski definition) is 3. The summed E-state index contributed by atoms with van der Waals surface area (Å²) in [5.74, 6) is -0.0647. The van der Waals surface area contributed by atoms with Gasteiger partial charge in [-0.2, -0.15) is 0 Å². The smallest absolute Gasteiger partial charge is 0.220 e. The first-order valence-corrected chi connectivity index (χ1v) is 20.6. The van der Waals surface area contributed by atoms with Crippen LogP contribution in [0.5, 0.6) is 0 Å². The van der Waals surface area contributed by atoms with Crippen LogP contribution in [-0.4, -0.2) is 34.9 Å². The van der Waals surface area contributed by atoms with Gasteiger partial charge in [0.05, 0.1) is 18.8 Å². The highest BCUT2D eigenvalue weighted by Gasteiger charge is 2.17. The Kier molecular flexibility index (Phi) is 37.4. The third-order valence-electron chi connectivity index (χ3n) is 9.41. The van der Waals surface area contributed by atoms with E-state index in [2.05, 4.69) is 31.3 Å². The second kappa shape index (κ2) is 38.3. The molecule has 0 bridgehead atoms. The molecule has 272 valence electrons. The zero-order valence-electron chi connectivity index (χ0n) is 31.1. The molecule has 0 heterocycles. The summed E-state index contributed by atoms with van der Waals surface area (Å²) < 4.78 is 0. The lowest BCUT2D eigenvalue weighted by Gasteiger charge is -2.20. The van der Waals surface area contributed by atoms with Crippen molar-refractivity contribution in [2.24, 2.45) is 0 Å². The number of amides is 1. The molecule has 4 heteroatoms. The lowest BCUT2D eigenvalue weighted by atomic mass is 10.0. The first kappa shape index (κ1) is 44.9. The van der Waals surface area contributed by atoms with Crippen LogP contribution in [-0.2, 0) is 4.79 Å². The average Bonchev–Trinajstić information content (AvgIpc) is 3.06. The van der Waals surface area contributed by atoms with E-state index in [4.69, 9.17) is 0 Å². The molecule has 0 fully saturated rings. The number of rotatable bonds is 37. The van der Waals surface area contributed by atoms with Crippen molar-refractivity contribution in [3.63, 3.8) is 0 Å². The fourth-order valence-electron chi connectivity index (χ4n) is 6.24. The van der Waals surface area contributed by atoms with Gasteiger partial charge in [-0.15, -0.1) is 0 Å². The Balaban J connectivity index is 3.53. The maximum absolute atomic E-state index is 12.3. The summed E-state index contributed by atoms with van der Waals surface area (Å²) in [4.78, 5) is 12.3. The molecule has 0 saturated carbocycles. The van der Waals surface area contributed by atoms with E-state index in [1.165, 1.54) is 173 Å². The monoisotopic (exact) mass is 648 g/mol. The van der Waals surface area contributed by atoms with Gasteiger partial charge in [0.15, 0.2) is 0 Å². The van der Waals surface area contributed by atoms with E-state index in [0.717, 1.165) is 25.7 Å². The van der Waals surface area contributed by atoms with Gasteiger partial charge < -0.3 is 15.5 Å². The highest BCUT2D eigenvalue weighted by atomic mass is 16.3. The molecule has 46 heavy (non-hydrogen) atoms. The predicted octanol–water partition coefficient (Wildman–Crippen LogP) is 12.5. The van der Waals surface area contributed by atoms with Crippen molar-refractivity contribution in [1.82, 2.24) is 5.32 Å². The third kappa shape index (κ3) is 34.2. The quantitative estimate of drug-likeness (QED) is 0.0464. The van der Waals surface area contributed by atoms with Gasteiger partial charge in [0.2, 0.25) is 5.91 Å². The largest absolute Gasteiger partial charge is 0.394 e. The minimum atomic E-state index is -0.838. The van der Waals surface area contributed by atoms with Crippen molar-refractivity contribution in [1.29, 1.82) is 0 Å². The van der Waals surface area contributed by atoms with Gasteiger partial charge in [-0.05, 0) is 38.5 Å². The topological polar surface area (TPSA) is 69.6 Å². The molecule has 0 aromatic heterocycles. The van der Waals surface area contributed by atoms with Gasteiger partial charge in [0.25, 0.3) is 0 Å². The van der Waals surface area contributed by atoms with Crippen LogP contribution < -0.4 is 5.32 Å². The SMILES string of the molecule is CCC/C=C/CCCCCCCC/C=C/[C@@H](O)[C@H](CO)NC(=O)CCCCCCCCCCCCCCCCCCCCCCC. The standard InChI is InChI=1S/C42H81NO3/c1-3-5-7-9-11-13-15-17-18-19-20-21-22-23-24-26-28-30-32-34-36-38-42(46)43-40(39-44)41(45)37-35-33-31-29-27-25-16-14-12-10-8-6-4-2/h8,10,35,37,40-41,44-45H,3-7,9,11-34,36,38-39H2,1-2H3,(H,43,46)/b10-8+,37-35+/t40-,41+/m0/s1. The van der Waals surface area contributed by atoms with Crippen molar-refractivity contribution >= 4 is 5.91 Å². The van der Waals surface area contributed by atoms with Crippen LogP contribution in [0.25, 0.3) is 0 Å². The van der Waals surface area contributed by atoms with Gasteiger partial charge >= 0.3 is 0 Å². The molecule has 1 amide bonds. The molecule has 0 radical (unpaired) electrons. The van der Waals surface area contributed by atoms with Crippen LogP contribution in [0.1, 0.15) is 219 Å². The first-order chi connectivity index (χ1) is 22.7. The summed E-state index contributed by atoms with van der Waals surface area (Å²) in [6, 6.07) is -0.620. The number of nitrogens with one attached hydrogen (secondary N) is 1. The van der Waals surface area contributed by atoms with Crippen molar-refractivity contribution in [2.45, 2.75) is 231 Å². The van der Waals surface area contributed by atoms with Crippen molar-refractivity contribution in [2.75, 3.05) is 6.61 Å². The molecular formula is C42H81NO3. The van der Waals surface area contributed by atoms with Gasteiger partial charge in [-0.1, -0.05) is 199 Å². The number of aliphatic hydroxyl groups excluding tert-OH is 2. The fourth-order valence-corrected chi connectivity index (χ4v) is 6.24. The zero-order chi connectivity index (χ0) is 33.6. The molecule has 0 aliphatic rings. The van der Waals surface area contributed by atoms with E-state index in [9.17, 15) is 15.0 Å². The number of carbonyl (C=O) groups excluding carboxylic acids is 1. The number of allylic oxidation sites excluding steroid dienone is 3. The predicted molar refractivity (Wildman–Crippen MR) is 202 cm³/mol. The minimum Gasteiger partial charge on any atom is -0.394 e. The van der Waals surface area contributed by atoms with E-state index in [1.807, 2.05) is 6.08 Å². The Labute approximate surface area is 288 Å². The lowest BCUT2D eigenvalue weighted by Crippen LogP contribution is -2.45. The first-order valence-electron chi connectivity index (χ1n) is 20.6. The van der Waals surface area contributed by atoms with E-state index >= 15 is 0 Å². The summed E-state index contributed by atoms with van der Waals surface area (Å²) in [5, 5.41) is 22.9. The molecule has 0 aliphatic carbocycles. The molecular weight excluding hydrogens is 566 g/mol. The van der Waals surface area contributed by atoms with Crippen molar-refractivity contribution < 1.29 is 15.0 Å². The number of unbranched alkanes of at least 4 members (excludes halogenated alkanes) is 28. The van der Waals surface area contributed by atoms with Crippen LogP contribution in [0.15, 0.2) is 24.3 Å². The Morgan fingerprint density at radius 3 is 1.28 bits per heavy atom. The van der Waals surface area contributed by atoms with Crippen LogP contribution in [0.3, 0.4) is 0 Å². The maximum Gasteiger partial charge on any atom is 0.220 e. The molecule has 0 rings (SSSR count). The lowest BCUT2D eigenvalue weighted by molar-refractivity contribution is -0.123. The van der Waals surface area contributed by atoms with Crippen LogP contribution in [0.2, 0.25) is 0 Å². The van der Waals surface area contributed by atoms with Crippen molar-refractivity contribution in [3.8, 4) is 0 Å². The van der Waals surface area contributed by atoms with E-state index in [0.29, 0.717) is 6.42 Å². The highest BCUT2D eigenvalue weighted by molar-refractivity contribution is 5.76. The summed E-state index contributed by atoms with van der Waals surface area (Å²) >= 11 is 0. The number of hydrogen-bond acceptors (Lipinski definition) is 3. The Morgan fingerprint density at radius 1 is 0.500 bits per heavy atom. The molecule has 0 aliphatic heterocycles. The second-order valence-electron chi connectivity index (χ2n) is 14.1. The summed E-state index contributed by atoms with van der Waals surface area (Å²) in [6.07, 6.45) is 48.5. The molecule has 3 N–H and O–H groups in total. The highest BCUT2D eigenvalue weighted by Crippen LogP contribution is 2.15. The maximum atomic E-state index is 12.3. The Bertz CT molecular complexity index is 661. The average molecular weight is 648 g/mol. The van der Waals surface area contributed by atoms with E-state index in [1.54, 1.807) is 6.08 Å². The molecule has 2 atom stereocenters. The summed E-state index contributed by atoms with van der Waals surface area (Å²) in [7, 11) is 0. The molecule has 0 aromatic rings. The summed E-state index contributed by atoms with van der Waals surface area (Å²) in [6.45, 7) is 4.26. The Morgan fingerprint density at radius 2 is 0.870 bits per heavy atom. The normalized spacial score (nSPS) is 13.2. The van der Waals surface area contributed by atoms with Crippen LogP contribution >= 0.6 is 0 Å². The van der Waals surface area contributed by atoms with E-state index in [-0.39, 0.29) is 12.5 Å². The molecule has 0 saturated heterocycles. The van der Waals surface area contributed by atoms with E-state index < -0.39 is 12.1 Å². The second-order valence-corrected chi connectivity index (χ2v) is 14.1. The van der Waals surface area contributed by atoms with Gasteiger partial charge in [-0.25, -0.2) is 0 Å².